The van der Waals surface area contributed by atoms with Crippen molar-refractivity contribution in [1.29, 1.82) is 0 Å². The second-order valence-electron chi connectivity index (χ2n) is 6.19. The van der Waals surface area contributed by atoms with E-state index in [4.69, 9.17) is 23.2 Å². The van der Waals surface area contributed by atoms with E-state index in [1.807, 2.05) is 19.2 Å². The molecule has 3 rings (SSSR count). The summed E-state index contributed by atoms with van der Waals surface area (Å²) < 4.78 is 0. The Bertz CT molecular complexity index is 735. The second kappa shape index (κ2) is 7.50. The third-order valence-corrected chi connectivity index (χ3v) is 5.07. The van der Waals surface area contributed by atoms with Crippen LogP contribution in [0.2, 0.25) is 10.0 Å². The fraction of sp³-hybridized carbons (Fsp3) is 0.300. The van der Waals surface area contributed by atoms with Crippen LogP contribution in [0.25, 0.3) is 11.1 Å². The Morgan fingerprint density at radius 2 is 1.83 bits per heavy atom. The number of likely N-dealkylation sites (tertiary alicyclic amines) is 1. The predicted molar refractivity (Wildman–Crippen MR) is 103 cm³/mol. The summed E-state index contributed by atoms with van der Waals surface area (Å²) in [6.45, 7) is 0. The van der Waals surface area contributed by atoms with Crippen molar-refractivity contribution in [3.63, 3.8) is 0 Å². The molecule has 1 saturated heterocycles. The van der Waals surface area contributed by atoms with E-state index in [0.717, 1.165) is 18.4 Å². The van der Waals surface area contributed by atoms with Crippen LogP contribution in [0.1, 0.15) is 30.9 Å². The molecular formula is C20H22Cl2N2. The fourth-order valence-electron chi connectivity index (χ4n) is 3.51. The molecular weight excluding hydrogens is 339 g/mol. The number of hydrogen-bond donors (Lipinski definition) is 1. The first kappa shape index (κ1) is 17.2. The number of piperidine rings is 1. The van der Waals surface area contributed by atoms with Gasteiger partial charge in [0, 0.05) is 36.0 Å². The van der Waals surface area contributed by atoms with Gasteiger partial charge in [-0.05, 0) is 54.2 Å². The largest absolute Gasteiger partial charge is 0.393 e. The van der Waals surface area contributed by atoms with Crippen molar-refractivity contribution in [2.45, 2.75) is 25.3 Å². The van der Waals surface area contributed by atoms with E-state index in [1.165, 1.54) is 23.2 Å². The number of benzene rings is 2. The zero-order chi connectivity index (χ0) is 17.1. The number of halogens is 2. The zero-order valence-corrected chi connectivity index (χ0v) is 15.5. The van der Waals surface area contributed by atoms with Crippen molar-refractivity contribution in [1.82, 2.24) is 10.2 Å². The number of rotatable bonds is 3. The fourth-order valence-corrected chi connectivity index (χ4v) is 4.04. The van der Waals surface area contributed by atoms with Crippen LogP contribution in [0.5, 0.6) is 0 Å². The molecule has 1 atom stereocenters. The lowest BCUT2D eigenvalue weighted by molar-refractivity contribution is 0.242. The van der Waals surface area contributed by atoms with Crippen LogP contribution < -0.4 is 5.32 Å². The maximum Gasteiger partial charge on any atom is 0.0542 e. The molecule has 1 unspecified atom stereocenters. The molecule has 4 heteroatoms. The molecule has 0 aliphatic carbocycles. The van der Waals surface area contributed by atoms with Gasteiger partial charge in [0.15, 0.2) is 0 Å². The Hall–Kier alpha value is -1.64. The molecule has 1 aliphatic rings. The molecule has 0 saturated carbocycles. The Labute approximate surface area is 154 Å². The molecule has 0 spiro atoms. The highest BCUT2D eigenvalue weighted by molar-refractivity contribution is 6.35. The highest BCUT2D eigenvalue weighted by Crippen LogP contribution is 2.40. The molecule has 0 aromatic heterocycles. The molecule has 2 aromatic rings. The molecule has 0 amide bonds. The standard InChI is InChI=1S/C20H22Cl2N2/c1-23-13-17-6-5-9-20(24(17)2)19-8-4-3-7-18(19)14-10-15(21)12-16(22)11-14/h3-4,7-8,10-13,20,23H,5-6,9H2,1-2H3/b17-13-. The van der Waals surface area contributed by atoms with Crippen molar-refractivity contribution in [3.05, 3.63) is 70.0 Å². The monoisotopic (exact) mass is 360 g/mol. The van der Waals surface area contributed by atoms with Gasteiger partial charge in [0.1, 0.15) is 0 Å². The predicted octanol–water partition coefficient (Wildman–Crippen LogP) is 5.88. The average molecular weight is 361 g/mol. The maximum absolute atomic E-state index is 6.22. The molecule has 126 valence electrons. The van der Waals surface area contributed by atoms with E-state index in [1.54, 1.807) is 6.07 Å². The van der Waals surface area contributed by atoms with Gasteiger partial charge >= 0.3 is 0 Å². The van der Waals surface area contributed by atoms with Crippen LogP contribution in [0, 0.1) is 0 Å². The smallest absolute Gasteiger partial charge is 0.0542 e. The van der Waals surface area contributed by atoms with E-state index >= 15 is 0 Å². The molecule has 1 N–H and O–H groups in total. The summed E-state index contributed by atoms with van der Waals surface area (Å²) in [5, 5.41) is 4.50. The minimum atomic E-state index is 0.354. The molecule has 1 aliphatic heterocycles. The lowest BCUT2D eigenvalue weighted by Crippen LogP contribution is -2.29. The first-order valence-corrected chi connectivity index (χ1v) is 9.00. The lowest BCUT2D eigenvalue weighted by Gasteiger charge is -2.37. The van der Waals surface area contributed by atoms with E-state index in [0.29, 0.717) is 16.1 Å². The summed E-state index contributed by atoms with van der Waals surface area (Å²) in [5.41, 5.74) is 4.93. The van der Waals surface area contributed by atoms with Gasteiger partial charge in [-0.3, -0.25) is 0 Å². The van der Waals surface area contributed by atoms with Crippen LogP contribution in [0.4, 0.5) is 0 Å². The molecule has 0 radical (unpaired) electrons. The summed E-state index contributed by atoms with van der Waals surface area (Å²) in [5.74, 6) is 0. The minimum Gasteiger partial charge on any atom is -0.393 e. The number of allylic oxidation sites excluding steroid dienone is 1. The summed E-state index contributed by atoms with van der Waals surface area (Å²) >= 11 is 12.4. The van der Waals surface area contributed by atoms with Gasteiger partial charge < -0.3 is 10.2 Å². The summed E-state index contributed by atoms with van der Waals surface area (Å²) in [6.07, 6.45) is 5.54. The Morgan fingerprint density at radius 1 is 1.12 bits per heavy atom. The third-order valence-electron chi connectivity index (χ3n) is 4.64. The maximum atomic E-state index is 6.22. The normalized spacial score (nSPS) is 19.6. The summed E-state index contributed by atoms with van der Waals surface area (Å²) in [6, 6.07) is 14.6. The van der Waals surface area contributed by atoms with Gasteiger partial charge in [0.05, 0.1) is 6.04 Å². The first-order valence-electron chi connectivity index (χ1n) is 8.24. The van der Waals surface area contributed by atoms with Gasteiger partial charge in [0.2, 0.25) is 0 Å². The number of nitrogens with one attached hydrogen (secondary N) is 1. The van der Waals surface area contributed by atoms with E-state index in [2.05, 4.69) is 47.7 Å². The Morgan fingerprint density at radius 3 is 2.54 bits per heavy atom. The number of nitrogens with zero attached hydrogens (tertiary/aromatic N) is 1. The van der Waals surface area contributed by atoms with Crippen LogP contribution in [0.3, 0.4) is 0 Å². The van der Waals surface area contributed by atoms with Gasteiger partial charge in [-0.1, -0.05) is 47.5 Å². The van der Waals surface area contributed by atoms with Crippen LogP contribution in [0.15, 0.2) is 54.4 Å². The van der Waals surface area contributed by atoms with Gasteiger partial charge in [-0.2, -0.15) is 0 Å². The van der Waals surface area contributed by atoms with E-state index in [-0.39, 0.29) is 0 Å². The second-order valence-corrected chi connectivity index (χ2v) is 7.06. The zero-order valence-electron chi connectivity index (χ0n) is 14.0. The van der Waals surface area contributed by atoms with Gasteiger partial charge in [0.25, 0.3) is 0 Å². The van der Waals surface area contributed by atoms with Gasteiger partial charge in [-0.15, -0.1) is 0 Å². The Balaban J connectivity index is 2.04. The van der Waals surface area contributed by atoms with Crippen molar-refractivity contribution < 1.29 is 0 Å². The van der Waals surface area contributed by atoms with E-state index < -0.39 is 0 Å². The topological polar surface area (TPSA) is 15.3 Å². The van der Waals surface area contributed by atoms with Crippen molar-refractivity contribution in [3.8, 4) is 11.1 Å². The quantitative estimate of drug-likeness (QED) is 0.735. The van der Waals surface area contributed by atoms with Crippen LogP contribution >= 0.6 is 23.2 Å². The summed E-state index contributed by atoms with van der Waals surface area (Å²) in [7, 11) is 4.13. The molecule has 1 fully saturated rings. The number of hydrogen-bond acceptors (Lipinski definition) is 2. The van der Waals surface area contributed by atoms with Crippen molar-refractivity contribution in [2.24, 2.45) is 0 Å². The Kier molecular flexibility index (Phi) is 5.37. The average Bonchev–Trinajstić information content (AvgIpc) is 2.56. The first-order chi connectivity index (χ1) is 11.6. The third kappa shape index (κ3) is 3.55. The SMILES string of the molecule is CN/C=C1/CCCC(c2ccccc2-c2cc(Cl)cc(Cl)c2)N1C. The molecule has 1 heterocycles. The van der Waals surface area contributed by atoms with Crippen molar-refractivity contribution in [2.75, 3.05) is 14.1 Å². The van der Waals surface area contributed by atoms with Crippen LogP contribution in [-0.4, -0.2) is 19.0 Å². The molecule has 24 heavy (non-hydrogen) atoms. The van der Waals surface area contributed by atoms with E-state index in [9.17, 15) is 0 Å². The highest BCUT2D eigenvalue weighted by Gasteiger charge is 2.25. The van der Waals surface area contributed by atoms with Gasteiger partial charge in [-0.25, -0.2) is 0 Å². The lowest BCUT2D eigenvalue weighted by atomic mass is 9.88. The summed E-state index contributed by atoms with van der Waals surface area (Å²) in [4.78, 5) is 2.38. The molecule has 0 bridgehead atoms. The minimum absolute atomic E-state index is 0.354. The molecule has 2 aromatic carbocycles. The van der Waals surface area contributed by atoms with Crippen LogP contribution in [-0.2, 0) is 0 Å². The molecule has 2 nitrogen and oxygen atoms in total. The van der Waals surface area contributed by atoms with Crippen molar-refractivity contribution >= 4 is 23.2 Å². The highest BCUT2D eigenvalue weighted by atomic mass is 35.5.